The zero-order chi connectivity index (χ0) is 13.2. The first-order valence-corrected chi connectivity index (χ1v) is 7.53. The van der Waals surface area contributed by atoms with Gasteiger partial charge in [0.1, 0.15) is 5.82 Å². The summed E-state index contributed by atoms with van der Waals surface area (Å²) in [6.45, 7) is 0.696. The van der Waals surface area contributed by atoms with E-state index >= 15 is 0 Å². The first-order valence-electron chi connectivity index (χ1n) is 5.88. The Labute approximate surface area is 106 Å². The van der Waals surface area contributed by atoms with Crippen molar-refractivity contribution < 1.29 is 17.5 Å². The third-order valence-corrected chi connectivity index (χ3v) is 4.81. The molecular weight excluding hydrogens is 257 g/mol. The number of nitrogens with two attached hydrogens (primary N) is 1. The number of halogens is 1. The molecular formula is C12H16FNO3S. The first kappa shape index (κ1) is 13.3. The Morgan fingerprint density at radius 1 is 1.44 bits per heavy atom. The molecule has 1 fully saturated rings. The minimum Gasteiger partial charge on any atom is -0.396 e. The van der Waals surface area contributed by atoms with Crippen LogP contribution in [-0.2, 0) is 14.6 Å². The van der Waals surface area contributed by atoms with Crippen molar-refractivity contribution in [1.29, 1.82) is 0 Å². The SMILES string of the molecule is Nc1ccc(S(=O)(=O)CCC2CCCO2)cc1F. The summed E-state index contributed by atoms with van der Waals surface area (Å²) in [4.78, 5) is -0.0211. The van der Waals surface area contributed by atoms with E-state index in [2.05, 4.69) is 0 Å². The Morgan fingerprint density at radius 3 is 2.83 bits per heavy atom. The molecule has 1 aliphatic heterocycles. The Balaban J connectivity index is 2.07. The first-order chi connectivity index (χ1) is 8.49. The molecule has 1 aliphatic rings. The molecule has 1 atom stereocenters. The fraction of sp³-hybridized carbons (Fsp3) is 0.500. The monoisotopic (exact) mass is 273 g/mol. The molecule has 0 amide bonds. The van der Waals surface area contributed by atoms with Crippen molar-refractivity contribution in [3.05, 3.63) is 24.0 Å². The number of sulfone groups is 1. The second-order valence-corrected chi connectivity index (χ2v) is 6.54. The molecule has 0 spiro atoms. The van der Waals surface area contributed by atoms with E-state index in [1.54, 1.807) is 0 Å². The summed E-state index contributed by atoms with van der Waals surface area (Å²) in [6.07, 6.45) is 2.33. The van der Waals surface area contributed by atoms with Gasteiger partial charge >= 0.3 is 0 Å². The minimum atomic E-state index is -3.46. The van der Waals surface area contributed by atoms with Gasteiger partial charge in [0.15, 0.2) is 9.84 Å². The number of nitrogen functional groups attached to an aromatic ring is 1. The lowest BCUT2D eigenvalue weighted by molar-refractivity contribution is 0.109. The van der Waals surface area contributed by atoms with Gasteiger partial charge in [0.05, 0.1) is 22.4 Å². The van der Waals surface area contributed by atoms with E-state index in [9.17, 15) is 12.8 Å². The maximum Gasteiger partial charge on any atom is 0.178 e. The molecule has 0 aromatic heterocycles. The molecule has 2 N–H and O–H groups in total. The topological polar surface area (TPSA) is 69.4 Å². The van der Waals surface area contributed by atoms with Crippen molar-refractivity contribution in [2.45, 2.75) is 30.3 Å². The van der Waals surface area contributed by atoms with Crippen molar-refractivity contribution in [3.63, 3.8) is 0 Å². The van der Waals surface area contributed by atoms with Crippen molar-refractivity contribution in [1.82, 2.24) is 0 Å². The molecule has 1 heterocycles. The molecule has 0 aliphatic carbocycles. The highest BCUT2D eigenvalue weighted by molar-refractivity contribution is 7.91. The average molecular weight is 273 g/mol. The van der Waals surface area contributed by atoms with E-state index in [4.69, 9.17) is 10.5 Å². The summed E-state index contributed by atoms with van der Waals surface area (Å²) < 4.78 is 42.6. The van der Waals surface area contributed by atoms with Crippen LogP contribution in [0.2, 0.25) is 0 Å². The summed E-state index contributed by atoms with van der Waals surface area (Å²) in [5.74, 6) is -0.728. The number of rotatable bonds is 4. The Hall–Kier alpha value is -1.14. The van der Waals surface area contributed by atoms with Crippen LogP contribution in [0.5, 0.6) is 0 Å². The summed E-state index contributed by atoms with van der Waals surface area (Å²) >= 11 is 0. The summed E-state index contributed by atoms with van der Waals surface area (Å²) in [5, 5.41) is 0. The predicted molar refractivity (Wildman–Crippen MR) is 66.5 cm³/mol. The number of benzene rings is 1. The highest BCUT2D eigenvalue weighted by Gasteiger charge is 2.21. The van der Waals surface area contributed by atoms with Gasteiger partial charge in [-0.25, -0.2) is 12.8 Å². The maximum atomic E-state index is 13.2. The van der Waals surface area contributed by atoms with E-state index in [0.717, 1.165) is 18.9 Å². The molecule has 2 rings (SSSR count). The van der Waals surface area contributed by atoms with Crippen molar-refractivity contribution >= 4 is 15.5 Å². The van der Waals surface area contributed by atoms with Crippen molar-refractivity contribution in [3.8, 4) is 0 Å². The fourth-order valence-electron chi connectivity index (χ4n) is 1.98. The normalized spacial score (nSPS) is 20.2. The van der Waals surface area contributed by atoms with Crippen LogP contribution in [-0.4, -0.2) is 26.9 Å². The lowest BCUT2D eigenvalue weighted by atomic mass is 10.2. The molecule has 1 saturated heterocycles. The van der Waals surface area contributed by atoms with Crippen LogP contribution in [0.25, 0.3) is 0 Å². The summed E-state index contributed by atoms with van der Waals surface area (Å²) in [5.41, 5.74) is 5.27. The van der Waals surface area contributed by atoms with Crippen LogP contribution in [0, 0.1) is 5.82 Å². The standard InChI is InChI=1S/C12H16FNO3S/c13-11-8-10(3-4-12(11)14)18(15,16)7-5-9-2-1-6-17-9/h3-4,8-9H,1-2,5-7,14H2. The Morgan fingerprint density at radius 2 is 2.22 bits per heavy atom. The lowest BCUT2D eigenvalue weighted by Gasteiger charge is -2.10. The Kier molecular flexibility index (Phi) is 3.87. The smallest absolute Gasteiger partial charge is 0.178 e. The van der Waals surface area contributed by atoms with Crippen LogP contribution < -0.4 is 5.73 Å². The van der Waals surface area contributed by atoms with Gasteiger partial charge in [-0.15, -0.1) is 0 Å². The van der Waals surface area contributed by atoms with Gasteiger partial charge in [-0.1, -0.05) is 0 Å². The highest BCUT2D eigenvalue weighted by Crippen LogP contribution is 2.21. The number of hydrogen-bond donors (Lipinski definition) is 1. The molecule has 100 valence electrons. The third kappa shape index (κ3) is 3.00. The predicted octanol–water partition coefficient (Wildman–Crippen LogP) is 1.75. The summed E-state index contributed by atoms with van der Waals surface area (Å²) in [6, 6.07) is 3.58. The van der Waals surface area contributed by atoms with E-state index in [1.807, 2.05) is 0 Å². The highest BCUT2D eigenvalue weighted by atomic mass is 32.2. The number of anilines is 1. The van der Waals surface area contributed by atoms with Crippen LogP contribution in [0.1, 0.15) is 19.3 Å². The minimum absolute atomic E-state index is 0.0124. The molecule has 1 aromatic rings. The van der Waals surface area contributed by atoms with Crippen LogP contribution in [0.3, 0.4) is 0 Å². The molecule has 0 radical (unpaired) electrons. The van der Waals surface area contributed by atoms with Gasteiger partial charge in [0.2, 0.25) is 0 Å². The van der Waals surface area contributed by atoms with Crippen LogP contribution in [0.4, 0.5) is 10.1 Å². The van der Waals surface area contributed by atoms with E-state index in [1.165, 1.54) is 12.1 Å². The van der Waals surface area contributed by atoms with Crippen molar-refractivity contribution in [2.24, 2.45) is 0 Å². The zero-order valence-electron chi connectivity index (χ0n) is 9.93. The number of ether oxygens (including phenoxy) is 1. The average Bonchev–Trinajstić information content (AvgIpc) is 2.83. The van der Waals surface area contributed by atoms with Gasteiger partial charge in [-0.05, 0) is 37.5 Å². The molecule has 18 heavy (non-hydrogen) atoms. The third-order valence-electron chi connectivity index (χ3n) is 3.06. The second-order valence-electron chi connectivity index (χ2n) is 4.43. The maximum absolute atomic E-state index is 13.2. The van der Waals surface area contributed by atoms with Crippen molar-refractivity contribution in [2.75, 3.05) is 18.1 Å². The molecule has 0 saturated carbocycles. The molecule has 1 aromatic carbocycles. The Bertz CT molecular complexity index is 524. The van der Waals surface area contributed by atoms with Crippen LogP contribution in [0.15, 0.2) is 23.1 Å². The molecule has 4 nitrogen and oxygen atoms in total. The van der Waals surface area contributed by atoms with Gasteiger partial charge < -0.3 is 10.5 Å². The fourth-order valence-corrected chi connectivity index (χ4v) is 3.35. The zero-order valence-corrected chi connectivity index (χ0v) is 10.7. The molecule has 6 heteroatoms. The second kappa shape index (κ2) is 5.24. The van der Waals surface area contributed by atoms with E-state index in [-0.39, 0.29) is 22.4 Å². The van der Waals surface area contributed by atoms with Gasteiger partial charge in [-0.3, -0.25) is 0 Å². The summed E-state index contributed by atoms with van der Waals surface area (Å²) in [7, 11) is -3.46. The van der Waals surface area contributed by atoms with E-state index in [0.29, 0.717) is 13.0 Å². The lowest BCUT2D eigenvalue weighted by Crippen LogP contribution is -2.14. The van der Waals surface area contributed by atoms with Gasteiger partial charge in [0.25, 0.3) is 0 Å². The van der Waals surface area contributed by atoms with Gasteiger partial charge in [-0.2, -0.15) is 0 Å². The van der Waals surface area contributed by atoms with E-state index < -0.39 is 15.7 Å². The largest absolute Gasteiger partial charge is 0.396 e. The quantitative estimate of drug-likeness (QED) is 0.849. The molecule has 1 unspecified atom stereocenters. The van der Waals surface area contributed by atoms with Gasteiger partial charge in [0, 0.05) is 6.61 Å². The number of hydrogen-bond acceptors (Lipinski definition) is 4. The molecule has 0 bridgehead atoms. The van der Waals surface area contributed by atoms with Crippen LogP contribution >= 0.6 is 0 Å².